The fourth-order valence-corrected chi connectivity index (χ4v) is 2.25. The number of rotatable bonds is 1. The molecule has 4 nitrogen and oxygen atoms in total. The monoisotopic (exact) mass is 212 g/mol. The van der Waals surface area contributed by atoms with Crippen molar-refractivity contribution in [2.24, 2.45) is 5.92 Å². The molecule has 1 saturated heterocycles. The lowest BCUT2D eigenvalue weighted by atomic mass is 9.84. The van der Waals surface area contributed by atoms with Crippen LogP contribution < -0.4 is 0 Å². The van der Waals surface area contributed by atoms with Crippen LogP contribution in [0.2, 0.25) is 0 Å². The van der Waals surface area contributed by atoms with E-state index in [4.69, 9.17) is 9.47 Å². The third kappa shape index (κ3) is 1.73. The van der Waals surface area contributed by atoms with Crippen LogP contribution in [0.15, 0.2) is 11.6 Å². The van der Waals surface area contributed by atoms with E-state index >= 15 is 0 Å². The summed E-state index contributed by atoms with van der Waals surface area (Å²) in [4.78, 5) is 10.9. The van der Waals surface area contributed by atoms with Crippen molar-refractivity contribution in [2.45, 2.75) is 44.9 Å². The number of hydrogen-bond donors (Lipinski definition) is 1. The Morgan fingerprint density at radius 3 is 2.73 bits per heavy atom. The molecular formula is C11H16O4. The maximum atomic E-state index is 10.9. The van der Waals surface area contributed by atoms with Crippen LogP contribution in [0.1, 0.15) is 20.8 Å². The molecule has 1 heterocycles. The van der Waals surface area contributed by atoms with Crippen LogP contribution in [0.5, 0.6) is 0 Å². The third-order valence-electron chi connectivity index (χ3n) is 2.94. The number of aldehydes is 1. The Balaban J connectivity index is 2.31. The van der Waals surface area contributed by atoms with Crippen molar-refractivity contribution < 1.29 is 19.4 Å². The Morgan fingerprint density at radius 1 is 1.47 bits per heavy atom. The van der Waals surface area contributed by atoms with Crippen LogP contribution in [0.25, 0.3) is 0 Å². The first-order valence-electron chi connectivity index (χ1n) is 5.12. The Bertz CT molecular complexity index is 308. The molecule has 15 heavy (non-hydrogen) atoms. The molecule has 2 aliphatic rings. The summed E-state index contributed by atoms with van der Waals surface area (Å²) in [7, 11) is 0. The first-order valence-corrected chi connectivity index (χ1v) is 5.12. The van der Waals surface area contributed by atoms with Gasteiger partial charge in [0.05, 0.1) is 12.0 Å². The van der Waals surface area contributed by atoms with Crippen molar-refractivity contribution in [2.75, 3.05) is 0 Å². The van der Waals surface area contributed by atoms with Gasteiger partial charge in [0, 0.05) is 0 Å². The fraction of sp³-hybridized carbons (Fsp3) is 0.727. The highest BCUT2D eigenvalue weighted by molar-refractivity contribution is 5.58. The highest BCUT2D eigenvalue weighted by Gasteiger charge is 2.49. The van der Waals surface area contributed by atoms with E-state index in [1.807, 2.05) is 20.8 Å². The summed E-state index contributed by atoms with van der Waals surface area (Å²) in [5.74, 6) is -1.21. The van der Waals surface area contributed by atoms with E-state index < -0.39 is 17.8 Å². The van der Waals surface area contributed by atoms with Crippen LogP contribution in [-0.4, -0.2) is 35.5 Å². The minimum atomic E-state index is -0.763. The van der Waals surface area contributed by atoms with Gasteiger partial charge in [-0.25, -0.2) is 0 Å². The smallest absolute Gasteiger partial charge is 0.164 e. The fourth-order valence-electron chi connectivity index (χ4n) is 2.25. The van der Waals surface area contributed by atoms with Gasteiger partial charge in [-0.1, -0.05) is 6.08 Å². The molecule has 1 aliphatic heterocycles. The van der Waals surface area contributed by atoms with Gasteiger partial charge in [0.2, 0.25) is 0 Å². The molecule has 0 aromatic carbocycles. The van der Waals surface area contributed by atoms with Gasteiger partial charge in [0.1, 0.15) is 18.5 Å². The van der Waals surface area contributed by atoms with Crippen molar-refractivity contribution in [3.05, 3.63) is 11.6 Å². The van der Waals surface area contributed by atoms with Gasteiger partial charge in [-0.2, -0.15) is 0 Å². The summed E-state index contributed by atoms with van der Waals surface area (Å²) in [6.45, 7) is 5.51. The zero-order valence-electron chi connectivity index (χ0n) is 9.14. The maximum Gasteiger partial charge on any atom is 0.164 e. The van der Waals surface area contributed by atoms with Gasteiger partial charge in [-0.3, -0.25) is 0 Å². The van der Waals surface area contributed by atoms with E-state index in [2.05, 4.69) is 0 Å². The lowest BCUT2D eigenvalue weighted by Crippen LogP contribution is -2.43. The van der Waals surface area contributed by atoms with Crippen molar-refractivity contribution in [1.29, 1.82) is 0 Å². The number of aliphatic hydroxyl groups excluding tert-OH is 1. The van der Waals surface area contributed by atoms with Crippen molar-refractivity contribution >= 4 is 6.29 Å². The summed E-state index contributed by atoms with van der Waals surface area (Å²) in [5, 5.41) is 9.71. The van der Waals surface area contributed by atoms with Crippen LogP contribution >= 0.6 is 0 Å². The van der Waals surface area contributed by atoms with Gasteiger partial charge in [0.15, 0.2) is 5.79 Å². The SMILES string of the molecule is CC1=C[C@H](O)[C@@H](C=O)[C@@H]2OC(C)(C)O[C@H]12. The van der Waals surface area contributed by atoms with Gasteiger partial charge in [-0.15, -0.1) is 0 Å². The molecule has 0 saturated carbocycles. The predicted molar refractivity (Wildman–Crippen MR) is 53.1 cm³/mol. The molecule has 1 N–H and O–H groups in total. The molecule has 2 rings (SSSR count). The lowest BCUT2D eigenvalue weighted by Gasteiger charge is -2.30. The van der Waals surface area contributed by atoms with Crippen LogP contribution in [0.4, 0.5) is 0 Å². The highest BCUT2D eigenvalue weighted by Crippen LogP contribution is 2.39. The van der Waals surface area contributed by atoms with E-state index in [1.54, 1.807) is 6.08 Å². The normalized spacial score (nSPS) is 43.3. The molecule has 0 spiro atoms. The lowest BCUT2D eigenvalue weighted by molar-refractivity contribution is -0.152. The molecule has 1 aliphatic carbocycles. The third-order valence-corrected chi connectivity index (χ3v) is 2.94. The minimum Gasteiger partial charge on any atom is -0.388 e. The minimum absolute atomic E-state index is 0.210. The van der Waals surface area contributed by atoms with Crippen molar-refractivity contribution in [3.8, 4) is 0 Å². The zero-order valence-corrected chi connectivity index (χ0v) is 9.14. The predicted octanol–water partition coefficient (Wildman–Crippen LogP) is 0.642. The first kappa shape index (κ1) is 10.8. The van der Waals surface area contributed by atoms with Crippen molar-refractivity contribution in [3.63, 3.8) is 0 Å². The van der Waals surface area contributed by atoms with Gasteiger partial charge in [-0.05, 0) is 26.3 Å². The molecule has 4 atom stereocenters. The summed E-state index contributed by atoms with van der Waals surface area (Å²) < 4.78 is 11.3. The number of carbonyl (C=O) groups is 1. The molecule has 1 fully saturated rings. The zero-order chi connectivity index (χ0) is 11.2. The Morgan fingerprint density at radius 2 is 2.13 bits per heavy atom. The van der Waals surface area contributed by atoms with Gasteiger partial charge >= 0.3 is 0 Å². The molecule has 0 amide bonds. The summed E-state index contributed by atoms with van der Waals surface area (Å²) >= 11 is 0. The second kappa shape index (κ2) is 3.40. The molecule has 84 valence electrons. The van der Waals surface area contributed by atoms with E-state index in [9.17, 15) is 9.90 Å². The molecule has 0 aromatic rings. The van der Waals surface area contributed by atoms with Crippen molar-refractivity contribution in [1.82, 2.24) is 0 Å². The Hall–Kier alpha value is -0.710. The summed E-state index contributed by atoms with van der Waals surface area (Å²) in [6, 6.07) is 0. The van der Waals surface area contributed by atoms with Gasteiger partial charge < -0.3 is 19.4 Å². The molecule has 0 unspecified atom stereocenters. The second-order valence-corrected chi connectivity index (χ2v) is 4.64. The largest absolute Gasteiger partial charge is 0.388 e. The maximum absolute atomic E-state index is 10.9. The number of hydrogen-bond acceptors (Lipinski definition) is 4. The van der Waals surface area contributed by atoms with Gasteiger partial charge in [0.25, 0.3) is 0 Å². The second-order valence-electron chi connectivity index (χ2n) is 4.64. The van der Waals surface area contributed by atoms with Crippen LogP contribution in [-0.2, 0) is 14.3 Å². The average molecular weight is 212 g/mol. The number of carbonyl (C=O) groups excluding carboxylic acids is 1. The number of ether oxygens (including phenoxy) is 2. The molecule has 0 aromatic heterocycles. The topological polar surface area (TPSA) is 55.8 Å². The average Bonchev–Trinajstić information content (AvgIpc) is 2.42. The molecule has 4 heteroatoms. The number of fused-ring (bicyclic) bond motifs is 1. The van der Waals surface area contributed by atoms with Crippen LogP contribution in [0.3, 0.4) is 0 Å². The highest BCUT2D eigenvalue weighted by atomic mass is 16.8. The van der Waals surface area contributed by atoms with E-state index in [-0.39, 0.29) is 12.2 Å². The molecule has 0 radical (unpaired) electrons. The Kier molecular flexibility index (Phi) is 2.45. The standard InChI is InChI=1S/C11H16O4/c1-6-4-8(13)7(5-12)10-9(6)14-11(2,3)15-10/h4-5,7-10,13H,1-3H3/t7-,8+,9-,10+/m1/s1. The molecule has 0 bridgehead atoms. The van der Waals surface area contributed by atoms with E-state index in [1.165, 1.54) is 0 Å². The summed E-state index contributed by atoms with van der Waals surface area (Å²) in [6.07, 6.45) is 1.08. The quantitative estimate of drug-likeness (QED) is 0.512. The molecular weight excluding hydrogens is 196 g/mol. The van der Waals surface area contributed by atoms with Crippen LogP contribution in [0, 0.1) is 5.92 Å². The Labute approximate surface area is 88.9 Å². The van der Waals surface area contributed by atoms with E-state index in [0.717, 1.165) is 11.9 Å². The summed E-state index contributed by atoms with van der Waals surface area (Å²) in [5.41, 5.74) is 0.927. The number of aliphatic hydroxyl groups is 1. The van der Waals surface area contributed by atoms with E-state index in [0.29, 0.717) is 0 Å². The first-order chi connectivity index (χ1) is 6.94.